The number of aliphatic hydroxyl groups is 1. The van der Waals surface area contributed by atoms with Crippen molar-refractivity contribution in [2.24, 2.45) is 7.05 Å². The number of amides is 1. The molecule has 7 nitrogen and oxygen atoms in total. The maximum absolute atomic E-state index is 12.4. The van der Waals surface area contributed by atoms with Crippen molar-refractivity contribution < 1.29 is 14.6 Å². The minimum absolute atomic E-state index is 0.217. The SMILES string of the molecule is Cn1ncc(C(=O)NCC2(O)CCOCC2)c1-n1cccc1. The van der Waals surface area contributed by atoms with E-state index in [1.165, 1.54) is 0 Å². The van der Waals surface area contributed by atoms with Crippen LogP contribution in [0, 0.1) is 0 Å². The molecular weight excluding hydrogens is 284 g/mol. The van der Waals surface area contributed by atoms with Crippen LogP contribution in [0.2, 0.25) is 0 Å². The first-order valence-corrected chi connectivity index (χ1v) is 7.33. The van der Waals surface area contributed by atoms with E-state index in [0.717, 1.165) is 0 Å². The average Bonchev–Trinajstić information content (AvgIpc) is 3.14. The molecule has 7 heteroatoms. The molecule has 1 aliphatic heterocycles. The van der Waals surface area contributed by atoms with Crippen molar-refractivity contribution in [2.45, 2.75) is 18.4 Å². The molecule has 3 heterocycles. The molecular formula is C15H20N4O3. The van der Waals surface area contributed by atoms with Gasteiger partial charge in [-0.1, -0.05) is 0 Å². The maximum atomic E-state index is 12.4. The third-order valence-corrected chi connectivity index (χ3v) is 4.00. The summed E-state index contributed by atoms with van der Waals surface area (Å²) in [7, 11) is 1.79. The molecule has 22 heavy (non-hydrogen) atoms. The molecule has 0 aromatic carbocycles. The molecule has 2 aromatic heterocycles. The molecule has 0 atom stereocenters. The Morgan fingerprint density at radius 2 is 2.09 bits per heavy atom. The van der Waals surface area contributed by atoms with Crippen LogP contribution in [0.25, 0.3) is 5.82 Å². The second-order valence-electron chi connectivity index (χ2n) is 5.62. The molecule has 3 rings (SSSR count). The molecule has 0 bridgehead atoms. The highest BCUT2D eigenvalue weighted by Gasteiger charge is 2.30. The largest absolute Gasteiger partial charge is 0.388 e. The lowest BCUT2D eigenvalue weighted by Crippen LogP contribution is -2.46. The first kappa shape index (κ1) is 14.8. The summed E-state index contributed by atoms with van der Waals surface area (Å²) < 4.78 is 8.73. The van der Waals surface area contributed by atoms with Crippen molar-refractivity contribution in [3.63, 3.8) is 0 Å². The molecule has 2 N–H and O–H groups in total. The number of aromatic nitrogens is 3. The Balaban J connectivity index is 1.73. The van der Waals surface area contributed by atoms with Gasteiger partial charge in [0, 0.05) is 52.0 Å². The van der Waals surface area contributed by atoms with Gasteiger partial charge in [0.1, 0.15) is 11.4 Å². The van der Waals surface area contributed by atoms with E-state index in [1.807, 2.05) is 29.1 Å². The fraction of sp³-hybridized carbons (Fsp3) is 0.467. The van der Waals surface area contributed by atoms with Crippen LogP contribution in [0.15, 0.2) is 30.7 Å². The number of nitrogens with one attached hydrogen (secondary N) is 1. The first-order valence-electron chi connectivity index (χ1n) is 7.33. The van der Waals surface area contributed by atoms with Gasteiger partial charge >= 0.3 is 0 Å². The van der Waals surface area contributed by atoms with Gasteiger partial charge in [-0.3, -0.25) is 9.48 Å². The van der Waals surface area contributed by atoms with E-state index < -0.39 is 5.60 Å². The molecule has 0 radical (unpaired) electrons. The number of carbonyl (C=O) groups excluding carboxylic acids is 1. The van der Waals surface area contributed by atoms with E-state index in [-0.39, 0.29) is 12.5 Å². The first-order chi connectivity index (χ1) is 10.6. The van der Waals surface area contributed by atoms with Gasteiger partial charge in [-0.15, -0.1) is 0 Å². The molecule has 0 aliphatic carbocycles. The highest BCUT2D eigenvalue weighted by Crippen LogP contribution is 2.20. The highest BCUT2D eigenvalue weighted by atomic mass is 16.5. The highest BCUT2D eigenvalue weighted by molar-refractivity contribution is 5.97. The molecule has 1 saturated heterocycles. The molecule has 1 amide bonds. The lowest BCUT2D eigenvalue weighted by molar-refractivity contribution is -0.0605. The van der Waals surface area contributed by atoms with Gasteiger partial charge in [0.2, 0.25) is 0 Å². The maximum Gasteiger partial charge on any atom is 0.256 e. The minimum Gasteiger partial charge on any atom is -0.388 e. The number of rotatable bonds is 4. The zero-order valence-electron chi connectivity index (χ0n) is 12.5. The van der Waals surface area contributed by atoms with E-state index in [0.29, 0.717) is 37.4 Å². The van der Waals surface area contributed by atoms with Gasteiger partial charge < -0.3 is 19.7 Å². The van der Waals surface area contributed by atoms with Crippen molar-refractivity contribution in [3.05, 3.63) is 36.3 Å². The number of hydrogen-bond donors (Lipinski definition) is 2. The lowest BCUT2D eigenvalue weighted by Gasteiger charge is -2.32. The fourth-order valence-electron chi connectivity index (χ4n) is 2.64. The minimum atomic E-state index is -0.885. The topological polar surface area (TPSA) is 81.3 Å². The second kappa shape index (κ2) is 5.94. The number of aryl methyl sites for hydroxylation is 1. The van der Waals surface area contributed by atoms with Gasteiger partial charge in [-0.2, -0.15) is 5.10 Å². The fourth-order valence-corrected chi connectivity index (χ4v) is 2.64. The summed E-state index contributed by atoms with van der Waals surface area (Å²) in [4.78, 5) is 12.4. The zero-order chi connectivity index (χ0) is 15.6. The summed E-state index contributed by atoms with van der Waals surface area (Å²) in [6.07, 6.45) is 6.33. The third kappa shape index (κ3) is 2.90. The molecule has 0 saturated carbocycles. The van der Waals surface area contributed by atoms with Gasteiger partial charge in [-0.05, 0) is 12.1 Å². The van der Waals surface area contributed by atoms with Crippen LogP contribution in [-0.4, -0.2) is 50.7 Å². The van der Waals surface area contributed by atoms with E-state index in [2.05, 4.69) is 10.4 Å². The quantitative estimate of drug-likeness (QED) is 0.861. The smallest absolute Gasteiger partial charge is 0.256 e. The number of ether oxygens (including phenoxy) is 1. The summed E-state index contributed by atoms with van der Waals surface area (Å²) in [5.74, 6) is 0.457. The van der Waals surface area contributed by atoms with Crippen LogP contribution in [0.5, 0.6) is 0 Å². The van der Waals surface area contributed by atoms with Crippen LogP contribution >= 0.6 is 0 Å². The third-order valence-electron chi connectivity index (χ3n) is 4.00. The van der Waals surface area contributed by atoms with Gasteiger partial charge in [0.05, 0.1) is 11.8 Å². The van der Waals surface area contributed by atoms with Gasteiger partial charge in [-0.25, -0.2) is 0 Å². The summed E-state index contributed by atoms with van der Waals surface area (Å²) in [6.45, 7) is 1.26. The summed E-state index contributed by atoms with van der Waals surface area (Å²) >= 11 is 0. The molecule has 118 valence electrons. The monoisotopic (exact) mass is 304 g/mol. The second-order valence-corrected chi connectivity index (χ2v) is 5.62. The Hall–Kier alpha value is -2.12. The summed E-state index contributed by atoms with van der Waals surface area (Å²) in [6, 6.07) is 3.78. The van der Waals surface area contributed by atoms with E-state index in [4.69, 9.17) is 4.74 Å². The summed E-state index contributed by atoms with van der Waals surface area (Å²) in [5, 5.41) is 17.4. The predicted octanol–water partition coefficient (Wildman–Crippen LogP) is 0.482. The molecule has 1 aliphatic rings. The van der Waals surface area contributed by atoms with E-state index in [9.17, 15) is 9.90 Å². The van der Waals surface area contributed by atoms with E-state index in [1.54, 1.807) is 17.9 Å². The van der Waals surface area contributed by atoms with Crippen LogP contribution in [-0.2, 0) is 11.8 Å². The standard InChI is InChI=1S/C15H20N4O3/c1-18-14(19-6-2-3-7-19)12(10-17-18)13(20)16-11-15(21)4-8-22-9-5-15/h2-3,6-7,10,21H,4-5,8-9,11H2,1H3,(H,16,20). The van der Waals surface area contributed by atoms with Crippen molar-refractivity contribution in [1.29, 1.82) is 0 Å². The van der Waals surface area contributed by atoms with Crippen molar-refractivity contribution >= 4 is 5.91 Å². The van der Waals surface area contributed by atoms with Crippen LogP contribution in [0.4, 0.5) is 0 Å². The number of nitrogens with zero attached hydrogens (tertiary/aromatic N) is 3. The van der Waals surface area contributed by atoms with Crippen molar-refractivity contribution in [3.8, 4) is 5.82 Å². The Bertz CT molecular complexity index is 642. The van der Waals surface area contributed by atoms with Crippen LogP contribution in [0.1, 0.15) is 23.2 Å². The van der Waals surface area contributed by atoms with E-state index >= 15 is 0 Å². The molecule has 1 fully saturated rings. The van der Waals surface area contributed by atoms with Crippen LogP contribution < -0.4 is 5.32 Å². The Morgan fingerprint density at radius 1 is 1.41 bits per heavy atom. The average molecular weight is 304 g/mol. The lowest BCUT2D eigenvalue weighted by atomic mass is 9.94. The molecule has 0 unspecified atom stereocenters. The Kier molecular flexibility index (Phi) is 4.00. The summed E-state index contributed by atoms with van der Waals surface area (Å²) in [5.41, 5.74) is -0.404. The normalized spacial score (nSPS) is 17.4. The Labute approximate surface area is 128 Å². The molecule has 0 spiro atoms. The zero-order valence-corrected chi connectivity index (χ0v) is 12.5. The molecule has 2 aromatic rings. The predicted molar refractivity (Wildman–Crippen MR) is 79.9 cm³/mol. The van der Waals surface area contributed by atoms with Crippen molar-refractivity contribution in [2.75, 3.05) is 19.8 Å². The Morgan fingerprint density at radius 3 is 2.77 bits per heavy atom. The van der Waals surface area contributed by atoms with Crippen molar-refractivity contribution in [1.82, 2.24) is 19.7 Å². The number of hydrogen-bond acceptors (Lipinski definition) is 4. The van der Waals surface area contributed by atoms with Gasteiger partial charge in [0.15, 0.2) is 0 Å². The van der Waals surface area contributed by atoms with Crippen LogP contribution in [0.3, 0.4) is 0 Å². The van der Waals surface area contributed by atoms with Gasteiger partial charge in [0.25, 0.3) is 5.91 Å². The number of carbonyl (C=O) groups is 1.